The van der Waals surface area contributed by atoms with Crippen LogP contribution in [0.1, 0.15) is 11.1 Å². The van der Waals surface area contributed by atoms with Crippen LogP contribution in [0.4, 0.5) is 0 Å². The number of rotatable bonds is 10. The van der Waals surface area contributed by atoms with E-state index in [2.05, 4.69) is 94.9 Å². The fourth-order valence-electron chi connectivity index (χ4n) is 5.28. The average molecular weight is 625 g/mol. The molecule has 4 aromatic heterocycles. The lowest BCUT2D eigenvalue weighted by Gasteiger charge is -2.08. The highest BCUT2D eigenvalue weighted by Gasteiger charge is 2.20. The standard InChI is InChI=1S/C35H28N8S2/c1-3-11-24(12-4-1)21-44-34-39-33(31-20-27-16-8-10-18-29(27)37-31)42(41-34)23-43-35(45-22-25-13-5-2-6-14-25)38-32(40-43)30-19-26-15-7-9-17-28(26)36-30/h1-20,36-37H,21-23H2. The molecule has 0 aliphatic rings. The Morgan fingerprint density at radius 3 is 1.80 bits per heavy atom. The molecule has 0 bridgehead atoms. The smallest absolute Gasteiger partial charge is 0.209 e. The summed E-state index contributed by atoms with van der Waals surface area (Å²) < 4.78 is 3.86. The van der Waals surface area contributed by atoms with Crippen molar-refractivity contribution >= 4 is 45.3 Å². The molecule has 45 heavy (non-hydrogen) atoms. The van der Waals surface area contributed by atoms with Gasteiger partial charge in [0.15, 0.2) is 16.8 Å². The number of hydrogen-bond acceptors (Lipinski definition) is 6. The first-order valence-corrected chi connectivity index (χ1v) is 16.6. The minimum Gasteiger partial charge on any atom is -0.352 e. The molecule has 0 spiro atoms. The normalized spacial score (nSPS) is 11.6. The van der Waals surface area contributed by atoms with Crippen LogP contribution in [0.2, 0.25) is 0 Å². The van der Waals surface area contributed by atoms with Crippen LogP contribution in [-0.4, -0.2) is 39.5 Å². The lowest BCUT2D eigenvalue weighted by Crippen LogP contribution is -2.13. The van der Waals surface area contributed by atoms with Gasteiger partial charge in [0.2, 0.25) is 5.16 Å². The minimum absolute atomic E-state index is 0.355. The number of fused-ring (bicyclic) bond motifs is 2. The Morgan fingerprint density at radius 2 is 1.13 bits per heavy atom. The quantitative estimate of drug-likeness (QED) is 0.149. The summed E-state index contributed by atoms with van der Waals surface area (Å²) in [4.78, 5) is 17.1. The molecule has 220 valence electrons. The number of nitrogens with zero attached hydrogens (tertiary/aromatic N) is 6. The second-order valence-electron chi connectivity index (χ2n) is 10.7. The fourth-order valence-corrected chi connectivity index (χ4v) is 6.96. The molecule has 0 saturated carbocycles. The zero-order valence-electron chi connectivity index (χ0n) is 24.2. The van der Waals surface area contributed by atoms with Crippen LogP contribution in [0.3, 0.4) is 0 Å². The predicted octanol–water partition coefficient (Wildman–Crippen LogP) is 8.26. The highest BCUT2D eigenvalue weighted by atomic mass is 32.2. The third-order valence-corrected chi connectivity index (χ3v) is 9.47. The monoisotopic (exact) mass is 624 g/mol. The van der Waals surface area contributed by atoms with E-state index in [1.54, 1.807) is 23.5 Å². The Bertz CT molecular complexity index is 2150. The van der Waals surface area contributed by atoms with Gasteiger partial charge in [-0.15, -0.1) is 10.2 Å². The number of para-hydroxylation sites is 2. The molecule has 0 aliphatic heterocycles. The van der Waals surface area contributed by atoms with Gasteiger partial charge in [0.05, 0.1) is 11.4 Å². The molecule has 2 N–H and O–H groups in total. The van der Waals surface area contributed by atoms with Gasteiger partial charge in [-0.05, 0) is 35.4 Å². The van der Waals surface area contributed by atoms with E-state index in [1.165, 1.54) is 11.1 Å². The predicted molar refractivity (Wildman–Crippen MR) is 182 cm³/mol. The van der Waals surface area contributed by atoms with Gasteiger partial charge in [-0.1, -0.05) is 121 Å². The summed E-state index contributed by atoms with van der Waals surface area (Å²) in [6.07, 6.45) is 0. The SMILES string of the molecule is c1ccc(CSc2nc(-c3cc4ccccc4[nH]3)n(Cn3nc(-c4cc5ccccc5[nH]4)nc3SCc3ccccc3)n2)cc1. The molecular weight excluding hydrogens is 597 g/mol. The van der Waals surface area contributed by atoms with Crippen molar-refractivity contribution in [3.63, 3.8) is 0 Å². The summed E-state index contributed by atoms with van der Waals surface area (Å²) in [5.74, 6) is 2.95. The molecule has 8 rings (SSSR count). The number of H-pyrrole nitrogens is 2. The molecule has 8 nitrogen and oxygen atoms in total. The number of nitrogens with one attached hydrogen (secondary N) is 2. The lowest BCUT2D eigenvalue weighted by atomic mass is 10.2. The second kappa shape index (κ2) is 12.1. The average Bonchev–Trinajstić information content (AvgIpc) is 3.88. The molecule has 0 radical (unpaired) electrons. The van der Waals surface area contributed by atoms with Gasteiger partial charge in [-0.3, -0.25) is 0 Å². The number of aromatic nitrogens is 8. The first-order valence-electron chi connectivity index (χ1n) is 14.6. The first-order chi connectivity index (χ1) is 22.2. The zero-order valence-corrected chi connectivity index (χ0v) is 25.8. The third kappa shape index (κ3) is 5.90. The molecule has 0 unspecified atom stereocenters. The number of benzene rings is 4. The Balaban J connectivity index is 1.17. The molecule has 4 heterocycles. The summed E-state index contributed by atoms with van der Waals surface area (Å²) in [6.45, 7) is 0.355. The maximum absolute atomic E-state index is 5.02. The van der Waals surface area contributed by atoms with Crippen molar-refractivity contribution in [1.29, 1.82) is 0 Å². The van der Waals surface area contributed by atoms with E-state index < -0.39 is 0 Å². The lowest BCUT2D eigenvalue weighted by molar-refractivity contribution is 0.466. The molecule has 0 atom stereocenters. The molecule has 10 heteroatoms. The highest BCUT2D eigenvalue weighted by molar-refractivity contribution is 7.98. The van der Waals surface area contributed by atoms with Gasteiger partial charge >= 0.3 is 0 Å². The van der Waals surface area contributed by atoms with Crippen LogP contribution in [0.5, 0.6) is 0 Å². The molecule has 0 amide bonds. The van der Waals surface area contributed by atoms with Gasteiger partial charge in [0.25, 0.3) is 0 Å². The first kappa shape index (κ1) is 27.5. The molecule has 8 aromatic rings. The van der Waals surface area contributed by atoms with E-state index in [0.29, 0.717) is 17.6 Å². The summed E-state index contributed by atoms with van der Waals surface area (Å²) >= 11 is 3.29. The van der Waals surface area contributed by atoms with Crippen LogP contribution >= 0.6 is 23.5 Å². The van der Waals surface area contributed by atoms with Crippen LogP contribution in [0, 0.1) is 0 Å². The third-order valence-electron chi connectivity index (χ3n) is 7.52. The summed E-state index contributed by atoms with van der Waals surface area (Å²) in [6, 6.07) is 41.5. The Hall–Kier alpha value is -5.06. The number of hydrogen-bond donors (Lipinski definition) is 2. The largest absolute Gasteiger partial charge is 0.352 e. The van der Waals surface area contributed by atoms with Gasteiger partial charge in [-0.25, -0.2) is 9.36 Å². The van der Waals surface area contributed by atoms with E-state index in [-0.39, 0.29) is 0 Å². The van der Waals surface area contributed by atoms with Crippen molar-refractivity contribution in [2.75, 3.05) is 0 Å². The maximum Gasteiger partial charge on any atom is 0.209 e. The van der Waals surface area contributed by atoms with Crippen LogP contribution in [0.15, 0.2) is 132 Å². The van der Waals surface area contributed by atoms with Crippen LogP contribution in [-0.2, 0) is 18.2 Å². The summed E-state index contributed by atoms with van der Waals surface area (Å²) in [7, 11) is 0. The number of aromatic amines is 2. The highest BCUT2D eigenvalue weighted by Crippen LogP contribution is 2.30. The summed E-state index contributed by atoms with van der Waals surface area (Å²) in [5, 5.41) is 13.8. The number of thioether (sulfide) groups is 2. The molecular formula is C35H28N8S2. The van der Waals surface area contributed by atoms with E-state index in [9.17, 15) is 0 Å². The van der Waals surface area contributed by atoms with Gasteiger partial charge < -0.3 is 9.97 Å². The topological polar surface area (TPSA) is 93.0 Å². The van der Waals surface area contributed by atoms with Crippen molar-refractivity contribution in [3.8, 4) is 23.0 Å². The Kier molecular flexibility index (Phi) is 7.42. The molecule has 0 saturated heterocycles. The van der Waals surface area contributed by atoms with E-state index in [4.69, 9.17) is 20.2 Å². The minimum atomic E-state index is 0.355. The Labute approximate surface area is 267 Å². The zero-order chi connectivity index (χ0) is 30.0. The van der Waals surface area contributed by atoms with Crippen molar-refractivity contribution < 1.29 is 0 Å². The molecule has 4 aromatic carbocycles. The second-order valence-corrected chi connectivity index (χ2v) is 12.6. The van der Waals surface area contributed by atoms with Crippen LogP contribution < -0.4 is 0 Å². The van der Waals surface area contributed by atoms with E-state index >= 15 is 0 Å². The maximum atomic E-state index is 5.02. The van der Waals surface area contributed by atoms with E-state index in [1.807, 2.05) is 45.8 Å². The van der Waals surface area contributed by atoms with Crippen molar-refractivity contribution in [2.24, 2.45) is 0 Å². The van der Waals surface area contributed by atoms with Crippen molar-refractivity contribution in [3.05, 3.63) is 132 Å². The van der Waals surface area contributed by atoms with Gasteiger partial charge in [0, 0.05) is 33.3 Å². The van der Waals surface area contributed by atoms with Gasteiger partial charge in [-0.2, -0.15) is 9.97 Å². The Morgan fingerprint density at radius 1 is 0.556 bits per heavy atom. The molecule has 0 aliphatic carbocycles. The summed E-state index contributed by atoms with van der Waals surface area (Å²) in [5.41, 5.74) is 6.35. The molecule has 0 fully saturated rings. The van der Waals surface area contributed by atoms with Crippen molar-refractivity contribution in [2.45, 2.75) is 28.5 Å². The fraction of sp³-hybridized carbons (Fsp3) is 0.0857. The van der Waals surface area contributed by atoms with Gasteiger partial charge in [0.1, 0.15) is 6.67 Å². The van der Waals surface area contributed by atoms with Crippen LogP contribution in [0.25, 0.3) is 44.8 Å². The van der Waals surface area contributed by atoms with E-state index in [0.717, 1.165) is 55.7 Å². The van der Waals surface area contributed by atoms with Crippen molar-refractivity contribution in [1.82, 2.24) is 39.5 Å².